The summed E-state index contributed by atoms with van der Waals surface area (Å²) in [5.41, 5.74) is 2.49. The van der Waals surface area contributed by atoms with E-state index in [1.54, 1.807) is 31.4 Å². The molecule has 3 unspecified atom stereocenters. The molecule has 1 saturated heterocycles. The predicted octanol–water partition coefficient (Wildman–Crippen LogP) is 3.28. The molecule has 3 amide bonds. The second-order valence-electron chi connectivity index (χ2n) is 10.6. The van der Waals surface area contributed by atoms with Crippen molar-refractivity contribution in [2.24, 2.45) is 7.05 Å². The van der Waals surface area contributed by atoms with Gasteiger partial charge < -0.3 is 24.8 Å². The normalized spacial score (nSPS) is 17.4. The molecule has 5 rings (SSSR count). The number of nitrogens with one attached hydrogen (secondary N) is 1. The SMILES string of the molecule is CN(Cc1ccccc1)C(=O)C(Cc1ccccc1F)NC(=O)C1CC(O)CN1C(=O)c1cn(C)c2ccccc12. The minimum absolute atomic E-state index is 0.0139. The number of carbonyl (C=O) groups is 3. The number of benzene rings is 3. The number of likely N-dealkylation sites (N-methyl/N-ethyl adjacent to an activating group) is 1. The number of nitrogens with zero attached hydrogens (tertiary/aromatic N) is 3. The van der Waals surface area contributed by atoms with Crippen molar-refractivity contribution >= 4 is 28.6 Å². The van der Waals surface area contributed by atoms with Gasteiger partial charge in [0.15, 0.2) is 0 Å². The highest BCUT2D eigenvalue weighted by atomic mass is 19.1. The molecular formula is C32H33FN4O4. The third-order valence-corrected chi connectivity index (χ3v) is 7.61. The molecule has 0 spiro atoms. The number of likely N-dealkylation sites (tertiary alicyclic amines) is 1. The lowest BCUT2D eigenvalue weighted by Gasteiger charge is -2.28. The average Bonchev–Trinajstić information content (AvgIpc) is 3.53. The Hall–Kier alpha value is -4.50. The fourth-order valence-electron chi connectivity index (χ4n) is 5.51. The molecule has 2 N–H and O–H groups in total. The van der Waals surface area contributed by atoms with E-state index in [4.69, 9.17) is 0 Å². The van der Waals surface area contributed by atoms with Crippen LogP contribution in [0.3, 0.4) is 0 Å². The van der Waals surface area contributed by atoms with E-state index in [-0.39, 0.29) is 30.9 Å². The highest BCUT2D eigenvalue weighted by Gasteiger charge is 2.41. The number of para-hydroxylation sites is 1. The maximum absolute atomic E-state index is 14.6. The molecule has 1 fully saturated rings. The van der Waals surface area contributed by atoms with Gasteiger partial charge in [-0.3, -0.25) is 14.4 Å². The number of aryl methyl sites for hydroxylation is 1. The van der Waals surface area contributed by atoms with Crippen molar-refractivity contribution in [3.05, 3.63) is 108 Å². The smallest absolute Gasteiger partial charge is 0.256 e. The molecule has 3 aromatic carbocycles. The van der Waals surface area contributed by atoms with Gasteiger partial charge in [0.05, 0.1) is 11.7 Å². The van der Waals surface area contributed by atoms with Crippen LogP contribution in [0.15, 0.2) is 85.1 Å². The maximum Gasteiger partial charge on any atom is 0.256 e. The van der Waals surface area contributed by atoms with E-state index in [0.717, 1.165) is 16.5 Å². The van der Waals surface area contributed by atoms with E-state index in [1.165, 1.54) is 15.9 Å². The van der Waals surface area contributed by atoms with E-state index in [9.17, 15) is 23.9 Å². The second kappa shape index (κ2) is 11.9. The van der Waals surface area contributed by atoms with Crippen molar-refractivity contribution in [1.29, 1.82) is 0 Å². The fraction of sp³-hybridized carbons (Fsp3) is 0.281. The molecule has 0 aliphatic carbocycles. The molecule has 4 aromatic rings. The molecule has 8 nitrogen and oxygen atoms in total. The van der Waals surface area contributed by atoms with Gasteiger partial charge in [-0.05, 0) is 23.3 Å². The first-order chi connectivity index (χ1) is 19.7. The Balaban J connectivity index is 1.39. The summed E-state index contributed by atoms with van der Waals surface area (Å²) >= 11 is 0. The summed E-state index contributed by atoms with van der Waals surface area (Å²) < 4.78 is 16.5. The number of hydrogen-bond donors (Lipinski definition) is 2. The summed E-state index contributed by atoms with van der Waals surface area (Å²) in [6, 6.07) is 20.9. The van der Waals surface area contributed by atoms with Gasteiger partial charge in [0.1, 0.15) is 17.9 Å². The minimum Gasteiger partial charge on any atom is -0.391 e. The Bertz CT molecular complexity index is 1570. The number of aromatic nitrogens is 1. The van der Waals surface area contributed by atoms with Crippen molar-refractivity contribution in [2.75, 3.05) is 13.6 Å². The zero-order valence-electron chi connectivity index (χ0n) is 23.0. The van der Waals surface area contributed by atoms with Crippen LogP contribution in [0.1, 0.15) is 27.9 Å². The largest absolute Gasteiger partial charge is 0.391 e. The molecule has 41 heavy (non-hydrogen) atoms. The topological polar surface area (TPSA) is 94.9 Å². The first kappa shape index (κ1) is 28.0. The molecule has 1 aromatic heterocycles. The standard InChI is InChI=1S/C32H33FN4O4/c1-35-20-25(24-13-7-9-15-28(24)35)31(40)37-19-23(38)17-29(37)30(39)34-27(16-22-12-6-8-14-26(22)33)32(41)36(2)18-21-10-4-3-5-11-21/h3-15,20,23,27,29,38H,16-19H2,1-2H3,(H,34,39). The molecule has 3 atom stereocenters. The maximum atomic E-state index is 14.6. The number of fused-ring (bicyclic) bond motifs is 1. The van der Waals surface area contributed by atoms with E-state index < -0.39 is 35.8 Å². The Morgan fingerprint density at radius 3 is 2.46 bits per heavy atom. The van der Waals surface area contributed by atoms with E-state index in [2.05, 4.69) is 5.32 Å². The van der Waals surface area contributed by atoms with Crippen LogP contribution >= 0.6 is 0 Å². The summed E-state index contributed by atoms with van der Waals surface area (Å²) in [4.78, 5) is 43.9. The fourth-order valence-corrected chi connectivity index (χ4v) is 5.51. The first-order valence-corrected chi connectivity index (χ1v) is 13.6. The van der Waals surface area contributed by atoms with Gasteiger partial charge in [-0.1, -0.05) is 66.7 Å². The monoisotopic (exact) mass is 556 g/mol. The van der Waals surface area contributed by atoms with Crippen LogP contribution in [0.5, 0.6) is 0 Å². The summed E-state index contributed by atoms with van der Waals surface area (Å²) in [6.07, 6.45) is 0.785. The molecule has 9 heteroatoms. The van der Waals surface area contributed by atoms with Crippen LogP contribution in [0.25, 0.3) is 10.9 Å². The molecule has 0 saturated carbocycles. The zero-order valence-corrected chi connectivity index (χ0v) is 23.0. The van der Waals surface area contributed by atoms with Gasteiger partial charge in [0, 0.05) is 57.1 Å². The summed E-state index contributed by atoms with van der Waals surface area (Å²) in [5, 5.41) is 14.0. The third-order valence-electron chi connectivity index (χ3n) is 7.61. The second-order valence-corrected chi connectivity index (χ2v) is 10.6. The molecule has 2 heterocycles. The number of aliphatic hydroxyl groups is 1. The molecular weight excluding hydrogens is 523 g/mol. The van der Waals surface area contributed by atoms with Crippen molar-refractivity contribution in [1.82, 2.24) is 19.7 Å². The van der Waals surface area contributed by atoms with Gasteiger partial charge in [-0.2, -0.15) is 0 Å². The van der Waals surface area contributed by atoms with Gasteiger partial charge in [-0.25, -0.2) is 4.39 Å². The highest BCUT2D eigenvalue weighted by molar-refractivity contribution is 6.08. The summed E-state index contributed by atoms with van der Waals surface area (Å²) in [7, 11) is 3.47. The zero-order chi connectivity index (χ0) is 29.1. The number of rotatable bonds is 8. The van der Waals surface area contributed by atoms with Crippen molar-refractivity contribution in [3.63, 3.8) is 0 Å². The van der Waals surface area contributed by atoms with Gasteiger partial charge >= 0.3 is 0 Å². The predicted molar refractivity (Wildman–Crippen MR) is 153 cm³/mol. The van der Waals surface area contributed by atoms with Crippen LogP contribution in [0.2, 0.25) is 0 Å². The summed E-state index contributed by atoms with van der Waals surface area (Å²) in [5.74, 6) is -1.82. The third kappa shape index (κ3) is 6.00. The van der Waals surface area contributed by atoms with Crippen LogP contribution in [-0.2, 0) is 29.6 Å². The Morgan fingerprint density at radius 2 is 1.71 bits per heavy atom. The van der Waals surface area contributed by atoms with Gasteiger partial charge in [0.25, 0.3) is 5.91 Å². The van der Waals surface area contributed by atoms with Crippen molar-refractivity contribution in [3.8, 4) is 0 Å². The van der Waals surface area contributed by atoms with Crippen LogP contribution in [-0.4, -0.2) is 69.0 Å². The number of amides is 3. The quantitative estimate of drug-likeness (QED) is 0.348. The number of carbonyl (C=O) groups excluding carboxylic acids is 3. The van der Waals surface area contributed by atoms with E-state index >= 15 is 0 Å². The lowest BCUT2D eigenvalue weighted by atomic mass is 10.0. The van der Waals surface area contributed by atoms with Crippen LogP contribution in [0, 0.1) is 5.82 Å². The lowest BCUT2D eigenvalue weighted by Crippen LogP contribution is -2.54. The molecule has 0 bridgehead atoms. The number of aliphatic hydroxyl groups excluding tert-OH is 1. The van der Waals surface area contributed by atoms with Crippen LogP contribution in [0.4, 0.5) is 4.39 Å². The Labute approximate surface area is 238 Å². The minimum atomic E-state index is -1.08. The Morgan fingerprint density at radius 1 is 1.02 bits per heavy atom. The van der Waals surface area contributed by atoms with Crippen LogP contribution < -0.4 is 5.32 Å². The summed E-state index contributed by atoms with van der Waals surface area (Å²) in [6.45, 7) is 0.289. The van der Waals surface area contributed by atoms with Crippen molar-refractivity contribution in [2.45, 2.75) is 37.6 Å². The molecule has 0 radical (unpaired) electrons. The van der Waals surface area contributed by atoms with Crippen molar-refractivity contribution < 1.29 is 23.9 Å². The lowest BCUT2D eigenvalue weighted by molar-refractivity contribution is -0.136. The first-order valence-electron chi connectivity index (χ1n) is 13.6. The van der Waals surface area contributed by atoms with Gasteiger partial charge in [0.2, 0.25) is 11.8 Å². The number of β-amino-alcohol motifs (C(OH)–C–C–N with tert-alkyl or cyclic N) is 1. The molecule has 212 valence electrons. The number of hydrogen-bond acceptors (Lipinski definition) is 4. The van der Waals surface area contributed by atoms with Gasteiger partial charge in [-0.15, -0.1) is 0 Å². The van der Waals surface area contributed by atoms with E-state index in [0.29, 0.717) is 12.1 Å². The average molecular weight is 557 g/mol. The highest BCUT2D eigenvalue weighted by Crippen LogP contribution is 2.26. The molecule has 1 aliphatic rings. The molecule has 1 aliphatic heterocycles. The number of halogens is 1. The Kier molecular flexibility index (Phi) is 8.16. The van der Waals surface area contributed by atoms with E-state index in [1.807, 2.05) is 66.2 Å².